The maximum Gasteiger partial charge on any atom is 0.134 e. The maximum atomic E-state index is 5.81. The fourth-order valence-electron chi connectivity index (χ4n) is 11.6. The number of nitrogens with zero attached hydrogens (tertiary/aromatic N) is 1. The van der Waals surface area contributed by atoms with E-state index in [1.165, 1.54) is 66.8 Å². The lowest BCUT2D eigenvalue weighted by atomic mass is 9.67. The van der Waals surface area contributed by atoms with E-state index in [1.807, 2.05) is 6.07 Å². The van der Waals surface area contributed by atoms with Gasteiger partial charge >= 0.3 is 0 Å². The summed E-state index contributed by atoms with van der Waals surface area (Å²) in [4.78, 5) is 2.45. The van der Waals surface area contributed by atoms with E-state index >= 15 is 0 Å². The van der Waals surface area contributed by atoms with Crippen LogP contribution in [0.2, 0.25) is 0 Å². The highest BCUT2D eigenvalue weighted by Gasteiger charge is 2.48. The molecule has 13 rings (SSSR count). The minimum Gasteiger partial charge on any atom is -0.464 e. The number of benzene rings is 10. The summed E-state index contributed by atoms with van der Waals surface area (Å²) in [6, 6.07) is 93.9. The summed E-state index contributed by atoms with van der Waals surface area (Å²) in [5.74, 6) is 0. The van der Waals surface area contributed by atoms with Gasteiger partial charge in [0.2, 0.25) is 0 Å². The highest BCUT2D eigenvalue weighted by Crippen LogP contribution is 2.59. The first-order valence-corrected chi connectivity index (χ1v) is 22.8. The van der Waals surface area contributed by atoms with Crippen LogP contribution in [-0.4, -0.2) is 0 Å². The Bertz CT molecular complexity index is 3310. The van der Waals surface area contributed by atoms with Crippen LogP contribution in [0.5, 0.6) is 0 Å². The third-order valence-electron chi connectivity index (χ3n) is 14.3. The monoisotopic (exact) mass is 841 g/mol. The molecule has 0 radical (unpaired) electrons. The van der Waals surface area contributed by atoms with Crippen molar-refractivity contribution in [2.45, 2.75) is 10.8 Å². The molecule has 2 nitrogen and oxygen atoms in total. The van der Waals surface area contributed by atoms with E-state index in [9.17, 15) is 0 Å². The predicted molar refractivity (Wildman–Crippen MR) is 271 cm³/mol. The molecule has 0 N–H and O–H groups in total. The van der Waals surface area contributed by atoms with Crippen LogP contribution in [0.4, 0.5) is 17.1 Å². The number of fused-ring (bicyclic) bond motifs is 7. The lowest BCUT2D eigenvalue weighted by Crippen LogP contribution is -2.28. The lowest BCUT2D eigenvalue weighted by Gasteiger charge is -2.34. The summed E-state index contributed by atoms with van der Waals surface area (Å²) in [6.45, 7) is 0. The normalized spacial score (nSPS) is 13.7. The Morgan fingerprint density at radius 3 is 1.15 bits per heavy atom. The summed E-state index contributed by atoms with van der Waals surface area (Å²) < 4.78 is 5.81. The minimum absolute atomic E-state index is 0.483. The Morgan fingerprint density at radius 2 is 0.682 bits per heavy atom. The second kappa shape index (κ2) is 15.1. The van der Waals surface area contributed by atoms with E-state index < -0.39 is 10.8 Å². The summed E-state index contributed by atoms with van der Waals surface area (Å²) in [7, 11) is 0. The van der Waals surface area contributed by atoms with Gasteiger partial charge in [-0.15, -0.1) is 0 Å². The second-order valence-electron chi connectivity index (χ2n) is 17.5. The predicted octanol–water partition coefficient (Wildman–Crippen LogP) is 16.3. The van der Waals surface area contributed by atoms with E-state index in [4.69, 9.17) is 4.42 Å². The Morgan fingerprint density at radius 1 is 0.288 bits per heavy atom. The van der Waals surface area contributed by atoms with Crippen LogP contribution < -0.4 is 4.90 Å². The van der Waals surface area contributed by atoms with Gasteiger partial charge < -0.3 is 9.32 Å². The largest absolute Gasteiger partial charge is 0.464 e. The van der Waals surface area contributed by atoms with Crippen LogP contribution in [-0.2, 0) is 10.8 Å². The average Bonchev–Trinajstić information content (AvgIpc) is 4.09. The molecule has 66 heavy (non-hydrogen) atoms. The van der Waals surface area contributed by atoms with Crippen molar-refractivity contribution < 1.29 is 4.42 Å². The van der Waals surface area contributed by atoms with Gasteiger partial charge in [-0.2, -0.15) is 0 Å². The molecule has 310 valence electrons. The highest BCUT2D eigenvalue weighted by molar-refractivity contribution is 5.96. The molecule has 1 aromatic heterocycles. The first-order valence-electron chi connectivity index (χ1n) is 22.8. The molecule has 0 atom stereocenters. The molecule has 2 aliphatic carbocycles. The number of furan rings is 1. The molecule has 0 fully saturated rings. The number of hydrogen-bond acceptors (Lipinski definition) is 2. The topological polar surface area (TPSA) is 16.4 Å². The molecule has 0 saturated carbocycles. The maximum absolute atomic E-state index is 5.81. The van der Waals surface area contributed by atoms with E-state index in [1.54, 1.807) is 6.26 Å². The van der Waals surface area contributed by atoms with Gasteiger partial charge in [0.15, 0.2) is 0 Å². The van der Waals surface area contributed by atoms with Crippen LogP contribution in [0, 0.1) is 0 Å². The first kappa shape index (κ1) is 38.0. The molecule has 10 aromatic carbocycles. The quantitative estimate of drug-likeness (QED) is 0.152. The fourth-order valence-corrected chi connectivity index (χ4v) is 11.6. The van der Waals surface area contributed by atoms with Crippen molar-refractivity contribution in [3.63, 3.8) is 0 Å². The van der Waals surface area contributed by atoms with E-state index in [2.05, 4.69) is 254 Å². The van der Waals surface area contributed by atoms with E-state index in [-0.39, 0.29) is 0 Å². The van der Waals surface area contributed by atoms with Crippen LogP contribution in [0.3, 0.4) is 0 Å². The smallest absolute Gasteiger partial charge is 0.134 e. The summed E-state index contributed by atoms with van der Waals surface area (Å²) in [5, 5.41) is 1.11. The first-order chi connectivity index (χ1) is 32.7. The molecule has 1 heterocycles. The van der Waals surface area contributed by atoms with Crippen LogP contribution in [0.25, 0.3) is 44.3 Å². The summed E-state index contributed by atoms with van der Waals surface area (Å²) >= 11 is 0. The summed E-state index contributed by atoms with van der Waals surface area (Å²) in [5.41, 5.74) is 20.6. The number of anilines is 3. The van der Waals surface area contributed by atoms with Gasteiger partial charge in [0.25, 0.3) is 0 Å². The Labute approximate surface area is 385 Å². The van der Waals surface area contributed by atoms with Gasteiger partial charge in [-0.1, -0.05) is 206 Å². The Kier molecular flexibility index (Phi) is 8.69. The molecular weight excluding hydrogens is 799 g/mol. The zero-order chi connectivity index (χ0) is 43.7. The van der Waals surface area contributed by atoms with Crippen molar-refractivity contribution in [1.82, 2.24) is 0 Å². The molecule has 0 bridgehead atoms. The van der Waals surface area contributed by atoms with Gasteiger partial charge in [0, 0.05) is 22.4 Å². The van der Waals surface area contributed by atoms with Gasteiger partial charge in [-0.25, -0.2) is 0 Å². The number of hydrogen-bond donors (Lipinski definition) is 0. The third kappa shape index (κ3) is 5.49. The third-order valence-corrected chi connectivity index (χ3v) is 14.3. The zero-order valence-corrected chi connectivity index (χ0v) is 36.2. The average molecular weight is 842 g/mol. The molecule has 2 heteroatoms. The lowest BCUT2D eigenvalue weighted by molar-refractivity contribution is 0.616. The molecule has 0 spiro atoms. The van der Waals surface area contributed by atoms with Crippen molar-refractivity contribution >= 4 is 28.0 Å². The van der Waals surface area contributed by atoms with Gasteiger partial charge in [-0.3, -0.25) is 0 Å². The van der Waals surface area contributed by atoms with Crippen molar-refractivity contribution in [2.75, 3.05) is 4.90 Å². The van der Waals surface area contributed by atoms with Gasteiger partial charge in [0.1, 0.15) is 5.58 Å². The summed E-state index contributed by atoms with van der Waals surface area (Å²) in [6.07, 6.45) is 1.77. The molecule has 0 aliphatic heterocycles. The Hall–Kier alpha value is -8.46. The SMILES string of the molecule is c1ccc(C2(c3ccccc3)c3ccccc3-c3cc(N(c4ccc(-c5cccc6occc56)cc4)c4ccc5c(c4)-c4ccccc4C5(c4ccccc4)c4ccccc4)ccc32)cc1. The van der Waals surface area contributed by atoms with Crippen LogP contribution in [0.15, 0.2) is 265 Å². The van der Waals surface area contributed by atoms with Crippen molar-refractivity contribution in [3.05, 3.63) is 306 Å². The van der Waals surface area contributed by atoms with E-state index in [0.717, 1.165) is 39.2 Å². The number of rotatable bonds is 8. The minimum atomic E-state index is -0.483. The molecule has 2 aliphatic rings. The second-order valence-corrected chi connectivity index (χ2v) is 17.5. The zero-order valence-electron chi connectivity index (χ0n) is 36.2. The van der Waals surface area contributed by atoms with Crippen molar-refractivity contribution in [3.8, 4) is 33.4 Å². The highest BCUT2D eigenvalue weighted by atomic mass is 16.3. The Balaban J connectivity index is 1.04. The van der Waals surface area contributed by atoms with E-state index in [0.29, 0.717) is 0 Å². The van der Waals surface area contributed by atoms with Gasteiger partial charge in [0.05, 0.1) is 17.1 Å². The van der Waals surface area contributed by atoms with Crippen LogP contribution in [0.1, 0.15) is 44.5 Å². The molecule has 0 saturated heterocycles. The fraction of sp³-hybridized carbons (Fsp3) is 0.0312. The molecule has 0 amide bonds. The molecular formula is C64H43NO. The van der Waals surface area contributed by atoms with Crippen molar-refractivity contribution in [2.24, 2.45) is 0 Å². The standard InChI is InChI=1S/C64H43NO/c1-5-18-45(19-6-1)63(46-20-7-2-8-21-46)58-29-15-13-26-53(58)56-42-50(36-38-60(56)63)65(49-34-32-44(33-35-49)52-28-17-31-62-55(52)40-41-66-62)51-37-39-61-57(43-51)54-27-14-16-30-59(54)64(61,47-22-9-3-10-23-47)48-24-11-4-12-25-48/h1-43H. The molecule has 0 unspecified atom stereocenters. The van der Waals surface area contributed by atoms with Crippen LogP contribution >= 0.6 is 0 Å². The van der Waals surface area contributed by atoms with Gasteiger partial charge in [-0.05, 0) is 126 Å². The molecule has 11 aromatic rings. The van der Waals surface area contributed by atoms with Crippen molar-refractivity contribution in [1.29, 1.82) is 0 Å².